The number of carboxylic acids is 1. The summed E-state index contributed by atoms with van der Waals surface area (Å²) in [5.74, 6) is -1.21. The van der Waals surface area contributed by atoms with Crippen LogP contribution in [0, 0.1) is 0 Å². The van der Waals surface area contributed by atoms with Gasteiger partial charge in [-0.05, 0) is 41.8 Å². The van der Waals surface area contributed by atoms with E-state index in [9.17, 15) is 14.4 Å². The van der Waals surface area contributed by atoms with E-state index in [2.05, 4.69) is 10.3 Å². The van der Waals surface area contributed by atoms with Crippen LogP contribution in [0.5, 0.6) is 0 Å². The van der Waals surface area contributed by atoms with Crippen LogP contribution >= 0.6 is 0 Å². The molecule has 1 amide bonds. The number of aliphatic carboxylic acids is 1. The molecular formula is C21H17N3O4. The van der Waals surface area contributed by atoms with Crippen molar-refractivity contribution in [2.75, 3.05) is 5.32 Å². The molecular weight excluding hydrogens is 358 g/mol. The van der Waals surface area contributed by atoms with Gasteiger partial charge in [-0.2, -0.15) is 0 Å². The third kappa shape index (κ3) is 3.42. The van der Waals surface area contributed by atoms with Crippen LogP contribution in [0.4, 0.5) is 5.69 Å². The van der Waals surface area contributed by atoms with Crippen molar-refractivity contribution in [2.24, 2.45) is 0 Å². The van der Waals surface area contributed by atoms with Crippen molar-refractivity contribution in [3.8, 4) is 0 Å². The quantitative estimate of drug-likeness (QED) is 0.683. The van der Waals surface area contributed by atoms with Gasteiger partial charge in [-0.25, -0.2) is 4.98 Å². The number of nitrogens with zero attached hydrogens (tertiary/aromatic N) is 2. The summed E-state index contributed by atoms with van der Waals surface area (Å²) in [6, 6.07) is 14.6. The van der Waals surface area contributed by atoms with Crippen molar-refractivity contribution in [3.63, 3.8) is 0 Å². The standard InChI is InChI=1S/C21H17N3O4/c25-18(12-19(26)27)22-15-6-7-16-17(11-15)23-20-14(8-9-24(20)21(16)28)10-13-4-2-1-3-5-13/h1-7,10-11H,8-9,12H2,(H,22,25)(H,26,27). The number of rotatable bonds is 4. The number of benzene rings is 2. The van der Waals surface area contributed by atoms with E-state index in [0.29, 0.717) is 29.0 Å². The predicted octanol–water partition coefficient (Wildman–Crippen LogP) is 2.75. The maximum atomic E-state index is 12.8. The van der Waals surface area contributed by atoms with Crippen LogP contribution in [0.15, 0.2) is 53.3 Å². The molecule has 28 heavy (non-hydrogen) atoms. The van der Waals surface area contributed by atoms with E-state index in [1.165, 1.54) is 0 Å². The Balaban J connectivity index is 1.74. The Kier molecular flexibility index (Phi) is 4.49. The summed E-state index contributed by atoms with van der Waals surface area (Å²) in [6.45, 7) is 0.576. The van der Waals surface area contributed by atoms with Gasteiger partial charge in [0.25, 0.3) is 5.56 Å². The number of hydrogen-bond acceptors (Lipinski definition) is 4. The molecule has 0 bridgehead atoms. The summed E-state index contributed by atoms with van der Waals surface area (Å²) in [6.07, 6.45) is 2.12. The molecule has 0 saturated carbocycles. The number of amides is 1. The monoisotopic (exact) mass is 375 g/mol. The number of nitrogens with one attached hydrogen (secondary N) is 1. The van der Waals surface area contributed by atoms with Crippen molar-refractivity contribution in [2.45, 2.75) is 19.4 Å². The van der Waals surface area contributed by atoms with Gasteiger partial charge in [0.2, 0.25) is 5.91 Å². The summed E-state index contributed by atoms with van der Waals surface area (Å²) in [5, 5.41) is 11.7. The Morgan fingerprint density at radius 2 is 1.96 bits per heavy atom. The lowest BCUT2D eigenvalue weighted by Crippen LogP contribution is -2.21. The van der Waals surface area contributed by atoms with E-state index in [-0.39, 0.29) is 5.56 Å². The Labute approximate surface area is 160 Å². The van der Waals surface area contributed by atoms with Crippen LogP contribution in [0.25, 0.3) is 22.6 Å². The third-order valence-corrected chi connectivity index (χ3v) is 4.58. The molecule has 1 aliphatic rings. The Hall–Kier alpha value is -3.74. The number of carbonyl (C=O) groups excluding carboxylic acids is 1. The Bertz CT molecular complexity index is 1180. The molecule has 0 saturated heterocycles. The zero-order chi connectivity index (χ0) is 19.7. The summed E-state index contributed by atoms with van der Waals surface area (Å²) in [7, 11) is 0. The lowest BCUT2D eigenvalue weighted by Gasteiger charge is -2.08. The van der Waals surface area contributed by atoms with Crippen LogP contribution in [0.2, 0.25) is 0 Å². The first-order valence-electron chi connectivity index (χ1n) is 8.83. The van der Waals surface area contributed by atoms with E-state index in [0.717, 1.165) is 17.6 Å². The molecule has 140 valence electrons. The lowest BCUT2D eigenvalue weighted by atomic mass is 10.1. The highest BCUT2D eigenvalue weighted by molar-refractivity contribution is 6.02. The van der Waals surface area contributed by atoms with Gasteiger partial charge in [-0.1, -0.05) is 30.3 Å². The zero-order valence-corrected chi connectivity index (χ0v) is 14.9. The fourth-order valence-corrected chi connectivity index (χ4v) is 3.33. The molecule has 1 aromatic heterocycles. The number of anilines is 1. The van der Waals surface area contributed by atoms with E-state index in [4.69, 9.17) is 5.11 Å². The first-order valence-corrected chi connectivity index (χ1v) is 8.83. The maximum Gasteiger partial charge on any atom is 0.312 e. The number of allylic oxidation sites excluding steroid dienone is 1. The molecule has 2 N–H and O–H groups in total. The SMILES string of the molecule is O=C(O)CC(=O)Nc1ccc2c(=O)n3c(nc2c1)C(=Cc1ccccc1)CC3. The molecule has 1 aliphatic heterocycles. The highest BCUT2D eigenvalue weighted by Crippen LogP contribution is 2.28. The molecule has 0 spiro atoms. The minimum atomic E-state index is -1.21. The molecule has 3 aromatic rings. The van der Waals surface area contributed by atoms with Crippen molar-refractivity contribution < 1.29 is 14.7 Å². The van der Waals surface area contributed by atoms with Crippen LogP contribution in [0.3, 0.4) is 0 Å². The van der Waals surface area contributed by atoms with Gasteiger partial charge < -0.3 is 10.4 Å². The Morgan fingerprint density at radius 1 is 1.18 bits per heavy atom. The van der Waals surface area contributed by atoms with Crippen LogP contribution in [0.1, 0.15) is 24.2 Å². The topological polar surface area (TPSA) is 101 Å². The number of hydrogen-bond donors (Lipinski definition) is 2. The second kappa shape index (κ2) is 7.11. The first kappa shape index (κ1) is 17.7. The summed E-state index contributed by atoms with van der Waals surface area (Å²) in [5.41, 5.74) is 2.76. The molecule has 0 radical (unpaired) electrons. The van der Waals surface area contributed by atoms with Gasteiger partial charge in [0.1, 0.15) is 12.2 Å². The smallest absolute Gasteiger partial charge is 0.312 e. The molecule has 0 unspecified atom stereocenters. The summed E-state index contributed by atoms with van der Waals surface area (Å²) < 4.78 is 1.67. The van der Waals surface area contributed by atoms with Gasteiger partial charge in [0.05, 0.1) is 10.9 Å². The van der Waals surface area contributed by atoms with Gasteiger partial charge in [0, 0.05) is 12.2 Å². The average Bonchev–Trinajstić information content (AvgIpc) is 3.05. The normalized spacial score (nSPS) is 14.2. The number of aromatic nitrogens is 2. The van der Waals surface area contributed by atoms with Gasteiger partial charge >= 0.3 is 5.97 Å². The fourth-order valence-electron chi connectivity index (χ4n) is 3.33. The van der Waals surface area contributed by atoms with E-state index >= 15 is 0 Å². The molecule has 7 nitrogen and oxygen atoms in total. The lowest BCUT2D eigenvalue weighted by molar-refractivity contribution is -0.139. The van der Waals surface area contributed by atoms with Crippen LogP contribution in [-0.4, -0.2) is 26.5 Å². The number of carboxylic acid groups (broad SMARTS) is 1. The molecule has 0 aliphatic carbocycles. The first-order chi connectivity index (χ1) is 13.5. The molecule has 0 atom stereocenters. The largest absolute Gasteiger partial charge is 0.481 e. The zero-order valence-electron chi connectivity index (χ0n) is 14.9. The van der Waals surface area contributed by atoms with Gasteiger partial charge in [-0.15, -0.1) is 0 Å². The van der Waals surface area contributed by atoms with Crippen molar-refractivity contribution in [3.05, 3.63) is 70.3 Å². The summed E-state index contributed by atoms with van der Waals surface area (Å²) >= 11 is 0. The molecule has 4 rings (SSSR count). The molecule has 7 heteroatoms. The van der Waals surface area contributed by atoms with E-state index in [1.807, 2.05) is 36.4 Å². The number of fused-ring (bicyclic) bond motifs is 2. The van der Waals surface area contributed by atoms with Crippen molar-refractivity contribution in [1.29, 1.82) is 0 Å². The molecule has 0 fully saturated rings. The van der Waals surface area contributed by atoms with Crippen molar-refractivity contribution in [1.82, 2.24) is 9.55 Å². The number of carbonyl (C=O) groups is 2. The van der Waals surface area contributed by atoms with Gasteiger partial charge in [0.15, 0.2) is 0 Å². The minimum absolute atomic E-state index is 0.125. The highest BCUT2D eigenvalue weighted by atomic mass is 16.4. The Morgan fingerprint density at radius 3 is 2.71 bits per heavy atom. The minimum Gasteiger partial charge on any atom is -0.481 e. The van der Waals surface area contributed by atoms with Crippen molar-refractivity contribution >= 4 is 40.1 Å². The highest BCUT2D eigenvalue weighted by Gasteiger charge is 2.21. The van der Waals surface area contributed by atoms with E-state index < -0.39 is 18.3 Å². The second-order valence-corrected chi connectivity index (χ2v) is 6.57. The molecule has 2 heterocycles. The molecule has 2 aromatic carbocycles. The average molecular weight is 375 g/mol. The van der Waals surface area contributed by atoms with Crippen LogP contribution < -0.4 is 10.9 Å². The van der Waals surface area contributed by atoms with Crippen LogP contribution in [-0.2, 0) is 16.1 Å². The third-order valence-electron chi connectivity index (χ3n) is 4.58. The van der Waals surface area contributed by atoms with E-state index in [1.54, 1.807) is 22.8 Å². The maximum absolute atomic E-state index is 12.8. The summed E-state index contributed by atoms with van der Waals surface area (Å²) in [4.78, 5) is 39.8. The second-order valence-electron chi connectivity index (χ2n) is 6.57. The van der Waals surface area contributed by atoms with Gasteiger partial charge in [-0.3, -0.25) is 19.0 Å². The fraction of sp³-hybridized carbons (Fsp3) is 0.143. The predicted molar refractivity (Wildman–Crippen MR) is 106 cm³/mol.